The molecule has 24 heavy (non-hydrogen) atoms. The second kappa shape index (κ2) is 9.20. The molecule has 1 aromatic heterocycles. The van der Waals surface area contributed by atoms with Crippen molar-refractivity contribution in [1.29, 1.82) is 0 Å². The van der Waals surface area contributed by atoms with E-state index in [9.17, 15) is 9.59 Å². The number of rotatable bonds is 8. The van der Waals surface area contributed by atoms with Crippen LogP contribution in [0.2, 0.25) is 0 Å². The van der Waals surface area contributed by atoms with Gasteiger partial charge < -0.3 is 15.7 Å². The van der Waals surface area contributed by atoms with E-state index in [0.29, 0.717) is 24.2 Å². The van der Waals surface area contributed by atoms with Crippen LogP contribution in [0, 0.1) is 5.92 Å². The van der Waals surface area contributed by atoms with E-state index in [1.54, 1.807) is 35.6 Å². The number of amides is 2. The number of aliphatic hydroxyl groups excluding tert-OH is 1. The highest BCUT2D eigenvalue weighted by atomic mass is 32.1. The topological polar surface area (TPSA) is 78.4 Å². The van der Waals surface area contributed by atoms with Gasteiger partial charge in [0, 0.05) is 35.2 Å². The standard InChI is InChI=1S/C18H22N2O3S/c1-13(12-16-4-2-11-24-16)17(22)20-15-7-5-14(6-8-15)18(23)19-9-3-10-21/h2,4-8,11,13,21H,3,9-10,12H2,1H3,(H,19,23)(H,20,22). The number of hydrogen-bond donors (Lipinski definition) is 3. The van der Waals surface area contributed by atoms with Gasteiger partial charge in [-0.1, -0.05) is 13.0 Å². The monoisotopic (exact) mass is 346 g/mol. The number of aliphatic hydroxyl groups is 1. The Labute approximate surface area is 145 Å². The van der Waals surface area contributed by atoms with Gasteiger partial charge in [-0.2, -0.15) is 0 Å². The molecule has 0 saturated carbocycles. The molecule has 0 radical (unpaired) electrons. The summed E-state index contributed by atoms with van der Waals surface area (Å²) in [6, 6.07) is 10.8. The summed E-state index contributed by atoms with van der Waals surface area (Å²) in [7, 11) is 0. The summed E-state index contributed by atoms with van der Waals surface area (Å²) in [5.41, 5.74) is 1.20. The zero-order valence-electron chi connectivity index (χ0n) is 13.6. The number of hydrogen-bond acceptors (Lipinski definition) is 4. The first-order chi connectivity index (χ1) is 11.6. The van der Waals surface area contributed by atoms with E-state index in [-0.39, 0.29) is 24.3 Å². The lowest BCUT2D eigenvalue weighted by atomic mass is 10.1. The molecule has 6 heteroatoms. The Balaban J connectivity index is 1.86. The van der Waals surface area contributed by atoms with Gasteiger partial charge in [-0.15, -0.1) is 11.3 Å². The van der Waals surface area contributed by atoms with Gasteiger partial charge in [0.2, 0.25) is 5.91 Å². The molecule has 2 rings (SSSR count). The van der Waals surface area contributed by atoms with E-state index >= 15 is 0 Å². The fourth-order valence-electron chi connectivity index (χ4n) is 2.18. The Hall–Kier alpha value is -2.18. The third-order valence-electron chi connectivity index (χ3n) is 3.57. The lowest BCUT2D eigenvalue weighted by Crippen LogP contribution is -2.25. The Morgan fingerprint density at radius 1 is 1.21 bits per heavy atom. The van der Waals surface area contributed by atoms with Crippen LogP contribution in [-0.4, -0.2) is 30.1 Å². The minimum absolute atomic E-state index is 0.0384. The first-order valence-corrected chi connectivity index (χ1v) is 8.80. The number of carbonyl (C=O) groups excluding carboxylic acids is 2. The van der Waals surface area contributed by atoms with Crippen molar-refractivity contribution in [2.45, 2.75) is 19.8 Å². The molecule has 1 atom stereocenters. The summed E-state index contributed by atoms with van der Waals surface area (Å²) in [6.07, 6.45) is 1.25. The van der Waals surface area contributed by atoms with Crippen molar-refractivity contribution in [2.24, 2.45) is 5.92 Å². The molecule has 3 N–H and O–H groups in total. The van der Waals surface area contributed by atoms with Gasteiger partial charge in [-0.3, -0.25) is 9.59 Å². The predicted octanol–water partition coefficient (Wildman–Crippen LogP) is 2.68. The van der Waals surface area contributed by atoms with Gasteiger partial charge >= 0.3 is 0 Å². The predicted molar refractivity (Wildman–Crippen MR) is 96.3 cm³/mol. The summed E-state index contributed by atoms with van der Waals surface area (Å²) in [4.78, 5) is 25.3. The van der Waals surface area contributed by atoms with Gasteiger partial charge in [0.1, 0.15) is 0 Å². The van der Waals surface area contributed by atoms with Crippen molar-refractivity contribution in [1.82, 2.24) is 5.32 Å². The SMILES string of the molecule is CC(Cc1cccs1)C(=O)Nc1ccc(C(=O)NCCCO)cc1. The number of nitrogens with one attached hydrogen (secondary N) is 2. The first-order valence-electron chi connectivity index (χ1n) is 7.92. The van der Waals surface area contributed by atoms with Crippen LogP contribution in [0.15, 0.2) is 41.8 Å². The maximum Gasteiger partial charge on any atom is 0.251 e. The summed E-state index contributed by atoms with van der Waals surface area (Å²) in [6.45, 7) is 2.39. The molecule has 128 valence electrons. The molecular formula is C18H22N2O3S. The third kappa shape index (κ3) is 5.47. The zero-order valence-corrected chi connectivity index (χ0v) is 14.4. The van der Waals surface area contributed by atoms with Crippen LogP contribution in [0.5, 0.6) is 0 Å². The van der Waals surface area contributed by atoms with Gasteiger partial charge in [-0.05, 0) is 48.6 Å². The molecule has 0 bridgehead atoms. The van der Waals surface area contributed by atoms with Crippen LogP contribution in [0.4, 0.5) is 5.69 Å². The van der Waals surface area contributed by atoms with Gasteiger partial charge in [0.25, 0.3) is 5.91 Å². The summed E-state index contributed by atoms with van der Waals surface area (Å²) in [5, 5.41) is 16.3. The largest absolute Gasteiger partial charge is 0.396 e. The number of thiophene rings is 1. The molecule has 1 heterocycles. The molecule has 2 amide bonds. The Morgan fingerprint density at radius 2 is 1.96 bits per heavy atom. The van der Waals surface area contributed by atoms with Crippen molar-refractivity contribution in [2.75, 3.05) is 18.5 Å². The summed E-state index contributed by atoms with van der Waals surface area (Å²) in [5.74, 6) is -0.346. The molecule has 0 fully saturated rings. The van der Waals surface area contributed by atoms with Crippen molar-refractivity contribution in [3.8, 4) is 0 Å². The number of carbonyl (C=O) groups is 2. The van der Waals surface area contributed by atoms with E-state index < -0.39 is 0 Å². The molecule has 2 aromatic rings. The van der Waals surface area contributed by atoms with Gasteiger partial charge in [0.15, 0.2) is 0 Å². The van der Waals surface area contributed by atoms with E-state index in [1.807, 2.05) is 24.4 Å². The van der Waals surface area contributed by atoms with Gasteiger partial charge in [-0.25, -0.2) is 0 Å². The Morgan fingerprint density at radius 3 is 2.58 bits per heavy atom. The average molecular weight is 346 g/mol. The van der Waals surface area contributed by atoms with Crippen molar-refractivity contribution >= 4 is 28.8 Å². The van der Waals surface area contributed by atoms with E-state index in [2.05, 4.69) is 10.6 Å². The fourth-order valence-corrected chi connectivity index (χ4v) is 3.01. The first kappa shape index (κ1) is 18.2. The van der Waals surface area contributed by atoms with Crippen molar-refractivity contribution < 1.29 is 14.7 Å². The van der Waals surface area contributed by atoms with Crippen molar-refractivity contribution in [3.63, 3.8) is 0 Å². The second-order valence-corrected chi connectivity index (χ2v) is 6.62. The Bertz CT molecular complexity index is 653. The lowest BCUT2D eigenvalue weighted by Gasteiger charge is -2.12. The number of benzene rings is 1. The van der Waals surface area contributed by atoms with Gasteiger partial charge in [0.05, 0.1) is 0 Å². The number of anilines is 1. The molecule has 1 unspecified atom stereocenters. The molecule has 0 aliphatic heterocycles. The second-order valence-electron chi connectivity index (χ2n) is 5.58. The lowest BCUT2D eigenvalue weighted by molar-refractivity contribution is -0.119. The van der Waals surface area contributed by atoms with Crippen LogP contribution < -0.4 is 10.6 Å². The van der Waals surface area contributed by atoms with Crippen molar-refractivity contribution in [3.05, 3.63) is 52.2 Å². The van der Waals surface area contributed by atoms with Crippen LogP contribution in [0.25, 0.3) is 0 Å². The van der Waals surface area contributed by atoms with E-state index in [1.165, 1.54) is 4.88 Å². The summed E-state index contributed by atoms with van der Waals surface area (Å²) >= 11 is 1.65. The highest BCUT2D eigenvalue weighted by molar-refractivity contribution is 7.09. The molecule has 0 saturated heterocycles. The summed E-state index contributed by atoms with van der Waals surface area (Å²) < 4.78 is 0. The molecule has 5 nitrogen and oxygen atoms in total. The molecule has 1 aromatic carbocycles. The molecule has 0 spiro atoms. The molecular weight excluding hydrogens is 324 g/mol. The van der Waals surface area contributed by atoms with E-state index in [4.69, 9.17) is 5.11 Å². The van der Waals surface area contributed by atoms with Crippen LogP contribution in [0.1, 0.15) is 28.6 Å². The third-order valence-corrected chi connectivity index (χ3v) is 4.47. The maximum atomic E-state index is 12.2. The van der Waals surface area contributed by atoms with Crippen LogP contribution in [0.3, 0.4) is 0 Å². The van der Waals surface area contributed by atoms with Crippen LogP contribution in [-0.2, 0) is 11.2 Å². The highest BCUT2D eigenvalue weighted by Crippen LogP contribution is 2.16. The quantitative estimate of drug-likeness (QED) is 0.643. The highest BCUT2D eigenvalue weighted by Gasteiger charge is 2.14. The van der Waals surface area contributed by atoms with Crippen LogP contribution >= 0.6 is 11.3 Å². The smallest absolute Gasteiger partial charge is 0.251 e. The molecule has 0 aliphatic rings. The minimum Gasteiger partial charge on any atom is -0.396 e. The average Bonchev–Trinajstić information content (AvgIpc) is 3.08. The Kier molecular flexibility index (Phi) is 6.96. The van der Waals surface area contributed by atoms with E-state index in [0.717, 1.165) is 6.42 Å². The minimum atomic E-state index is -0.188. The fraction of sp³-hybridized carbons (Fsp3) is 0.333. The zero-order chi connectivity index (χ0) is 17.4. The normalized spacial score (nSPS) is 11.8. The molecule has 0 aliphatic carbocycles. The maximum absolute atomic E-state index is 12.2.